The first-order chi connectivity index (χ1) is 33.4. The van der Waals surface area contributed by atoms with Crippen molar-refractivity contribution >= 4 is 34.8 Å². The number of benzene rings is 3. The van der Waals surface area contributed by atoms with Crippen molar-refractivity contribution in [2.24, 2.45) is 0 Å². The van der Waals surface area contributed by atoms with Gasteiger partial charge in [-0.25, -0.2) is 0 Å². The Kier molecular flexibility index (Phi) is 18.3. The second-order valence-corrected chi connectivity index (χ2v) is 24.6. The molecule has 3 unspecified atom stereocenters. The number of aryl methyl sites for hydroxylation is 6. The van der Waals surface area contributed by atoms with Gasteiger partial charge in [-0.1, -0.05) is 60.5 Å². The molecule has 3 amide bonds. The van der Waals surface area contributed by atoms with Crippen molar-refractivity contribution < 1.29 is 14.4 Å². The lowest BCUT2D eigenvalue weighted by Crippen LogP contribution is -2.58. The highest BCUT2D eigenvalue weighted by atomic mass is 16.2. The quantitative estimate of drug-likeness (QED) is 0.250. The fourth-order valence-corrected chi connectivity index (χ4v) is 12.0. The Bertz CT molecular complexity index is 2210. The molecule has 3 fully saturated rings. The number of anilines is 3. The summed E-state index contributed by atoms with van der Waals surface area (Å²) in [6.45, 7) is 41.5. The lowest BCUT2D eigenvalue weighted by molar-refractivity contribution is -0.135. The van der Waals surface area contributed by atoms with Crippen LogP contribution in [0.5, 0.6) is 0 Å². The number of rotatable bonds is 5. The van der Waals surface area contributed by atoms with Crippen molar-refractivity contribution in [3.8, 4) is 0 Å². The van der Waals surface area contributed by atoms with Crippen LogP contribution in [0.15, 0.2) is 54.6 Å². The summed E-state index contributed by atoms with van der Waals surface area (Å²) in [4.78, 5) is 57.1. The molecular weight excluding hydrogens is 893 g/mol. The van der Waals surface area contributed by atoms with Gasteiger partial charge >= 0.3 is 0 Å². The number of amides is 3. The van der Waals surface area contributed by atoms with E-state index in [-0.39, 0.29) is 54.0 Å². The van der Waals surface area contributed by atoms with E-state index in [4.69, 9.17) is 0 Å². The van der Waals surface area contributed by atoms with Crippen LogP contribution in [0.25, 0.3) is 0 Å². The zero-order valence-electron chi connectivity index (χ0n) is 46.7. The molecule has 11 nitrogen and oxygen atoms in total. The molecule has 72 heavy (non-hydrogen) atoms. The molecule has 398 valence electrons. The molecule has 0 radical (unpaired) electrons. The Morgan fingerprint density at radius 3 is 1.21 bits per heavy atom. The van der Waals surface area contributed by atoms with Gasteiger partial charge in [0, 0.05) is 112 Å². The zero-order valence-corrected chi connectivity index (χ0v) is 46.7. The molecule has 0 saturated carbocycles. The smallest absolute Gasteiger partial charge is 0.245 e. The highest BCUT2D eigenvalue weighted by molar-refractivity contribution is 5.89. The highest BCUT2D eigenvalue weighted by Crippen LogP contribution is 2.35. The van der Waals surface area contributed by atoms with Crippen LogP contribution in [-0.4, -0.2) is 156 Å². The predicted molar refractivity (Wildman–Crippen MR) is 302 cm³/mol. The van der Waals surface area contributed by atoms with E-state index < -0.39 is 0 Å². The summed E-state index contributed by atoms with van der Waals surface area (Å²) >= 11 is 0. The molecule has 6 heterocycles. The third-order valence-electron chi connectivity index (χ3n) is 16.3. The molecule has 6 aliphatic heterocycles. The minimum Gasteiger partial charge on any atom is -0.360 e. The van der Waals surface area contributed by atoms with Gasteiger partial charge in [0.1, 0.15) is 18.1 Å². The second kappa shape index (κ2) is 23.3. The summed E-state index contributed by atoms with van der Waals surface area (Å²) in [5, 5.41) is 0. The fraction of sp³-hybridized carbons (Fsp3) is 0.656. The maximum absolute atomic E-state index is 13.1. The van der Waals surface area contributed by atoms with E-state index in [1.165, 1.54) is 50.4 Å². The third-order valence-corrected chi connectivity index (χ3v) is 16.3. The van der Waals surface area contributed by atoms with Crippen LogP contribution in [0.2, 0.25) is 0 Å². The largest absolute Gasteiger partial charge is 0.360 e. The summed E-state index contributed by atoms with van der Waals surface area (Å²) in [6, 6.07) is 19.8. The van der Waals surface area contributed by atoms with Gasteiger partial charge in [-0.3, -0.25) is 24.2 Å². The number of carbonyl (C=O) groups excluding carboxylic acids is 3. The maximum atomic E-state index is 13.1. The highest BCUT2D eigenvalue weighted by Gasteiger charge is 2.42. The van der Waals surface area contributed by atoms with E-state index in [9.17, 15) is 14.4 Å². The van der Waals surface area contributed by atoms with Gasteiger partial charge in [0.05, 0.1) is 0 Å². The van der Waals surface area contributed by atoms with Crippen molar-refractivity contribution in [2.75, 3.05) is 93.2 Å². The van der Waals surface area contributed by atoms with E-state index in [1.807, 2.05) is 4.90 Å². The van der Waals surface area contributed by atoms with E-state index >= 15 is 0 Å². The normalized spacial score (nSPS) is 20.8. The Hall–Kier alpha value is -4.61. The molecular formula is C61H96N8O3. The van der Waals surface area contributed by atoms with E-state index in [0.717, 1.165) is 123 Å². The summed E-state index contributed by atoms with van der Waals surface area (Å²) < 4.78 is 0. The number of nitrogens with zero attached hydrogens (tertiary/aromatic N) is 8. The van der Waals surface area contributed by atoms with Crippen molar-refractivity contribution in [2.45, 2.75) is 184 Å². The third kappa shape index (κ3) is 13.2. The van der Waals surface area contributed by atoms with Crippen LogP contribution in [0.1, 0.15) is 143 Å². The maximum Gasteiger partial charge on any atom is 0.245 e. The monoisotopic (exact) mass is 989 g/mol. The van der Waals surface area contributed by atoms with Crippen LogP contribution in [-0.2, 0) is 33.6 Å². The Morgan fingerprint density at radius 1 is 0.486 bits per heavy atom. The number of hydrogen-bond acceptors (Lipinski definition) is 8. The molecule has 11 heteroatoms. The Morgan fingerprint density at radius 2 is 0.847 bits per heavy atom. The van der Waals surface area contributed by atoms with Gasteiger partial charge in [0.15, 0.2) is 0 Å². The van der Waals surface area contributed by atoms with Crippen molar-refractivity contribution in [1.29, 1.82) is 0 Å². The van der Waals surface area contributed by atoms with Crippen LogP contribution in [0.4, 0.5) is 17.1 Å². The van der Waals surface area contributed by atoms with E-state index in [2.05, 4.69) is 186 Å². The number of piperazine rings is 2. The van der Waals surface area contributed by atoms with Crippen molar-refractivity contribution in [3.05, 3.63) is 88.0 Å². The van der Waals surface area contributed by atoms with Crippen LogP contribution in [0, 0.1) is 20.8 Å². The van der Waals surface area contributed by atoms with Crippen molar-refractivity contribution in [3.63, 3.8) is 0 Å². The molecule has 3 atom stereocenters. The van der Waals surface area contributed by atoms with Gasteiger partial charge in [0.2, 0.25) is 17.7 Å². The summed E-state index contributed by atoms with van der Waals surface area (Å²) in [5.41, 5.74) is 12.2. The summed E-state index contributed by atoms with van der Waals surface area (Å²) in [5.74, 6) is 0.861. The van der Waals surface area contributed by atoms with Gasteiger partial charge in [-0.05, 0) is 177 Å². The molecule has 0 bridgehead atoms. The average Bonchev–Trinajstić information content (AvgIpc) is 3.73. The molecule has 0 aliphatic carbocycles. The summed E-state index contributed by atoms with van der Waals surface area (Å²) in [6.07, 6.45) is 7.74. The van der Waals surface area contributed by atoms with E-state index in [1.54, 1.807) is 0 Å². The molecule has 0 spiro atoms. The Balaban J connectivity index is 0.000000176. The van der Waals surface area contributed by atoms with Gasteiger partial charge in [0.25, 0.3) is 0 Å². The molecule has 3 aromatic rings. The zero-order chi connectivity index (χ0) is 51.6. The summed E-state index contributed by atoms with van der Waals surface area (Å²) in [7, 11) is 0. The van der Waals surface area contributed by atoms with Gasteiger partial charge in [-0.15, -0.1) is 0 Å². The first-order valence-corrected chi connectivity index (χ1v) is 27.4. The van der Waals surface area contributed by atoms with Crippen LogP contribution in [0.3, 0.4) is 0 Å². The first kappa shape index (κ1) is 56.7. The predicted octanol–water partition coefficient (Wildman–Crippen LogP) is 9.94. The SMILES string of the molecule is C.Cc1ccc2c(c1)CCCN2C(C)C(=O)N1CCN(C(C)(C)C)CC1.Cc1ccc2c(c1)CCCN2C(C)C(=O)N1CCN(C(C)(C)C)CC1.Cc1ccc2c(c1)CCCN2C1CCN(C(C)(C)C)C1=O. The minimum atomic E-state index is -0.0806. The van der Waals surface area contributed by atoms with Crippen LogP contribution < -0.4 is 14.7 Å². The molecule has 3 saturated heterocycles. The molecule has 0 aromatic heterocycles. The van der Waals surface area contributed by atoms with Crippen molar-refractivity contribution in [1.82, 2.24) is 24.5 Å². The molecule has 0 N–H and O–H groups in total. The van der Waals surface area contributed by atoms with E-state index in [0.29, 0.717) is 5.91 Å². The number of likely N-dealkylation sites (tertiary alicyclic amines) is 1. The first-order valence-electron chi connectivity index (χ1n) is 27.4. The standard InChI is InChI=1S/2C21H33N3O.C18H26N2O.CH4/c2*1-16-8-9-19-18(15-16)7-6-10-24(19)17(2)20(25)22-11-13-23(14-12-22)21(3,4)5;1-13-7-8-15-14(12-13)6-5-10-19(15)16-9-11-20(17(16)21)18(2,3)4;/h2*8-9,15,17H,6-7,10-14H2,1-5H3;7-8,12,16H,5-6,9-11H2,1-4H3;1H4. The number of hydrogen-bond donors (Lipinski definition) is 0. The van der Waals surface area contributed by atoms with Gasteiger partial charge < -0.3 is 29.4 Å². The lowest BCUT2D eigenvalue weighted by atomic mass is 9.97. The van der Waals surface area contributed by atoms with Gasteiger partial charge in [-0.2, -0.15) is 0 Å². The second-order valence-electron chi connectivity index (χ2n) is 24.6. The van der Waals surface area contributed by atoms with Crippen LogP contribution >= 0.6 is 0 Å². The molecule has 9 rings (SSSR count). The molecule has 3 aromatic carbocycles. The number of carbonyl (C=O) groups is 3. The number of fused-ring (bicyclic) bond motifs is 3. The molecule has 6 aliphatic rings. The Labute approximate surface area is 437 Å². The fourth-order valence-electron chi connectivity index (χ4n) is 12.0. The lowest BCUT2D eigenvalue weighted by Gasteiger charge is -2.44. The minimum absolute atomic E-state index is 0. The topological polar surface area (TPSA) is 77.1 Å². The average molecular weight is 989 g/mol.